The van der Waals surface area contributed by atoms with E-state index in [-0.39, 0.29) is 0 Å². The molecule has 10 heavy (non-hydrogen) atoms. The summed E-state index contributed by atoms with van der Waals surface area (Å²) in [5.74, 6) is -0.660. The molecule has 2 radical (unpaired) electrons. The van der Waals surface area contributed by atoms with E-state index in [2.05, 4.69) is 16.1 Å². The molecule has 0 amide bonds. The number of nitrogens with one attached hydrogen (secondary N) is 1. The largest absolute Gasteiger partial charge is 0.575 e. The number of hydrogen-bond donors (Lipinski definition) is 1. The quantitative estimate of drug-likeness (QED) is 0.608. The highest BCUT2D eigenvalue weighted by Crippen LogP contribution is 2.22. The standard InChI is InChI=1S/C4H2F3NO2/c5-4(6,7)9-3-1-2-8-10-3/h1,8H. The van der Waals surface area contributed by atoms with Crippen molar-refractivity contribution in [1.29, 1.82) is 0 Å². The Kier molecular flexibility index (Phi) is 1.71. The van der Waals surface area contributed by atoms with Gasteiger partial charge in [0.2, 0.25) is 0 Å². The maximum Gasteiger partial charge on any atom is 0.575 e. The second-order valence-electron chi connectivity index (χ2n) is 1.36. The van der Waals surface area contributed by atoms with Gasteiger partial charge in [0.25, 0.3) is 0 Å². The summed E-state index contributed by atoms with van der Waals surface area (Å²) in [6.07, 6.45) is -3.81. The predicted octanol–water partition coefficient (Wildman–Crippen LogP) is 0.938. The number of halogens is 3. The Hall–Kier alpha value is -0.910. The smallest absolute Gasteiger partial charge is 0.372 e. The highest BCUT2D eigenvalue weighted by molar-refractivity contribution is 4.98. The molecule has 1 aliphatic heterocycles. The van der Waals surface area contributed by atoms with Crippen molar-refractivity contribution in [2.24, 2.45) is 0 Å². The van der Waals surface area contributed by atoms with Gasteiger partial charge in [-0.25, -0.2) is 0 Å². The van der Waals surface area contributed by atoms with Crippen LogP contribution in [0, 0.1) is 6.54 Å². The van der Waals surface area contributed by atoms with Crippen LogP contribution in [0.3, 0.4) is 0 Å². The summed E-state index contributed by atoms with van der Waals surface area (Å²) in [6, 6.07) is 0. The highest BCUT2D eigenvalue weighted by atomic mass is 19.4. The van der Waals surface area contributed by atoms with E-state index < -0.39 is 12.3 Å². The molecule has 0 aliphatic carbocycles. The van der Waals surface area contributed by atoms with Crippen LogP contribution in [0.15, 0.2) is 12.0 Å². The van der Waals surface area contributed by atoms with Crippen LogP contribution in [0.5, 0.6) is 0 Å². The van der Waals surface area contributed by atoms with E-state index in [0.29, 0.717) is 0 Å². The highest BCUT2D eigenvalue weighted by Gasteiger charge is 2.33. The second-order valence-corrected chi connectivity index (χ2v) is 1.36. The van der Waals surface area contributed by atoms with Gasteiger partial charge >= 0.3 is 12.3 Å². The van der Waals surface area contributed by atoms with Gasteiger partial charge in [0, 0.05) is 6.08 Å². The minimum absolute atomic E-state index is 0.660. The maximum atomic E-state index is 11.3. The summed E-state index contributed by atoms with van der Waals surface area (Å²) in [5, 5.41) is 0. The minimum Gasteiger partial charge on any atom is -0.372 e. The van der Waals surface area contributed by atoms with Crippen molar-refractivity contribution < 1.29 is 22.7 Å². The third-order valence-corrected chi connectivity index (χ3v) is 0.617. The van der Waals surface area contributed by atoms with Gasteiger partial charge in [0.1, 0.15) is 6.54 Å². The molecule has 0 saturated heterocycles. The maximum absolute atomic E-state index is 11.3. The molecule has 1 N–H and O–H groups in total. The van der Waals surface area contributed by atoms with E-state index in [0.717, 1.165) is 6.08 Å². The number of hydrogen-bond acceptors (Lipinski definition) is 3. The van der Waals surface area contributed by atoms with Crippen LogP contribution in [-0.4, -0.2) is 6.36 Å². The Morgan fingerprint density at radius 1 is 1.60 bits per heavy atom. The Morgan fingerprint density at radius 3 is 2.70 bits per heavy atom. The molecule has 0 fully saturated rings. The Balaban J connectivity index is 2.38. The third-order valence-electron chi connectivity index (χ3n) is 0.617. The number of ether oxygens (including phenoxy) is 1. The first-order chi connectivity index (χ1) is 4.58. The van der Waals surface area contributed by atoms with Crippen molar-refractivity contribution in [2.45, 2.75) is 6.36 Å². The van der Waals surface area contributed by atoms with Gasteiger partial charge in [0.05, 0.1) is 0 Å². The van der Waals surface area contributed by atoms with Gasteiger partial charge in [-0.3, -0.25) is 0 Å². The summed E-state index contributed by atoms with van der Waals surface area (Å²) in [6.45, 7) is 2.14. The average Bonchev–Trinajstić information content (AvgIpc) is 2.12. The molecule has 56 valence electrons. The normalized spacial score (nSPS) is 18.1. The first-order valence-electron chi connectivity index (χ1n) is 2.21. The molecule has 0 unspecified atom stereocenters. The zero-order valence-electron chi connectivity index (χ0n) is 4.53. The van der Waals surface area contributed by atoms with E-state index in [9.17, 15) is 13.2 Å². The number of alkyl halides is 3. The Labute approximate surface area is 54.4 Å². The third kappa shape index (κ3) is 2.14. The fraction of sp³-hybridized carbons (Fsp3) is 0.250. The second kappa shape index (κ2) is 2.37. The lowest BCUT2D eigenvalue weighted by atomic mass is 10.6. The van der Waals surface area contributed by atoms with E-state index in [1.807, 2.05) is 5.48 Å². The fourth-order valence-electron chi connectivity index (χ4n) is 0.362. The molecule has 1 aliphatic rings. The Bertz CT molecular complexity index is 153. The van der Waals surface area contributed by atoms with Crippen LogP contribution in [-0.2, 0) is 9.57 Å². The summed E-state index contributed by atoms with van der Waals surface area (Å²) < 4.78 is 37.2. The summed E-state index contributed by atoms with van der Waals surface area (Å²) in [4.78, 5) is 4.09. The molecule has 0 aromatic carbocycles. The summed E-state index contributed by atoms with van der Waals surface area (Å²) in [7, 11) is 0. The molecular weight excluding hydrogens is 151 g/mol. The van der Waals surface area contributed by atoms with E-state index in [4.69, 9.17) is 0 Å². The number of rotatable bonds is 1. The number of hydroxylamine groups is 1. The van der Waals surface area contributed by atoms with E-state index >= 15 is 0 Å². The molecule has 6 heteroatoms. The molecule has 0 atom stereocenters. The SMILES string of the molecule is FC(F)(F)OC1=C[C]NO1. The average molecular weight is 153 g/mol. The van der Waals surface area contributed by atoms with Crippen molar-refractivity contribution in [2.75, 3.05) is 0 Å². The first kappa shape index (κ1) is 7.20. The molecule has 0 bridgehead atoms. The zero-order valence-corrected chi connectivity index (χ0v) is 4.53. The minimum atomic E-state index is -4.71. The van der Waals surface area contributed by atoms with Crippen molar-refractivity contribution in [3.05, 3.63) is 18.6 Å². The molecule has 0 saturated carbocycles. The molecule has 1 heterocycles. The lowest BCUT2D eigenvalue weighted by Gasteiger charge is -2.07. The molecule has 0 spiro atoms. The van der Waals surface area contributed by atoms with Gasteiger partial charge in [-0.1, -0.05) is 0 Å². The van der Waals surface area contributed by atoms with Gasteiger partial charge < -0.3 is 9.57 Å². The van der Waals surface area contributed by atoms with Gasteiger partial charge in [-0.05, 0) is 0 Å². The van der Waals surface area contributed by atoms with Crippen LogP contribution in [0.4, 0.5) is 13.2 Å². The van der Waals surface area contributed by atoms with E-state index in [1.54, 1.807) is 0 Å². The lowest BCUT2D eigenvalue weighted by molar-refractivity contribution is -0.323. The van der Waals surface area contributed by atoms with Crippen molar-refractivity contribution in [1.82, 2.24) is 5.48 Å². The van der Waals surface area contributed by atoms with Crippen LogP contribution in [0.1, 0.15) is 0 Å². The molecule has 1 rings (SSSR count). The van der Waals surface area contributed by atoms with Crippen molar-refractivity contribution in [3.8, 4) is 0 Å². The summed E-state index contributed by atoms with van der Waals surface area (Å²) in [5.41, 5.74) is 1.93. The van der Waals surface area contributed by atoms with Crippen molar-refractivity contribution >= 4 is 0 Å². The lowest BCUT2D eigenvalue weighted by Crippen LogP contribution is -2.14. The fourth-order valence-corrected chi connectivity index (χ4v) is 0.362. The zero-order chi connectivity index (χ0) is 7.61. The monoisotopic (exact) mass is 153 g/mol. The summed E-state index contributed by atoms with van der Waals surface area (Å²) >= 11 is 0. The predicted molar refractivity (Wildman–Crippen MR) is 22.7 cm³/mol. The van der Waals surface area contributed by atoms with Crippen LogP contribution in [0.25, 0.3) is 0 Å². The van der Waals surface area contributed by atoms with E-state index in [1.165, 1.54) is 0 Å². The molecule has 3 nitrogen and oxygen atoms in total. The molecule has 0 aromatic heterocycles. The van der Waals surface area contributed by atoms with Gasteiger partial charge in [-0.2, -0.15) is 0 Å². The van der Waals surface area contributed by atoms with Gasteiger partial charge in [-0.15, -0.1) is 18.7 Å². The van der Waals surface area contributed by atoms with Crippen LogP contribution in [0.2, 0.25) is 0 Å². The van der Waals surface area contributed by atoms with Crippen LogP contribution < -0.4 is 5.48 Å². The Morgan fingerprint density at radius 2 is 2.30 bits per heavy atom. The topological polar surface area (TPSA) is 30.5 Å². The molecule has 0 aromatic rings. The van der Waals surface area contributed by atoms with Crippen molar-refractivity contribution in [3.63, 3.8) is 0 Å². The first-order valence-corrected chi connectivity index (χ1v) is 2.21. The van der Waals surface area contributed by atoms with Gasteiger partial charge in [0.15, 0.2) is 0 Å². The molecular formula is C4H2F3NO2. The van der Waals surface area contributed by atoms with Crippen LogP contribution >= 0.6 is 0 Å².